The van der Waals surface area contributed by atoms with Gasteiger partial charge in [-0.15, -0.1) is 5.10 Å². The normalized spacial score (nSPS) is 10.9. The molecule has 0 aliphatic carbocycles. The number of hydrogen-bond acceptors (Lipinski definition) is 3. The van der Waals surface area contributed by atoms with Crippen LogP contribution >= 0.6 is 0 Å². The van der Waals surface area contributed by atoms with Crippen molar-refractivity contribution >= 4 is 11.6 Å². The number of rotatable bonds is 3. The summed E-state index contributed by atoms with van der Waals surface area (Å²) in [6.45, 7) is 0.0668. The second-order valence-corrected chi connectivity index (χ2v) is 4.49. The zero-order valence-corrected chi connectivity index (χ0v) is 10.7. The molecule has 0 saturated heterocycles. The van der Waals surface area contributed by atoms with E-state index < -0.39 is 17.3 Å². The van der Waals surface area contributed by atoms with Gasteiger partial charge in [0.25, 0.3) is 0 Å². The lowest BCUT2D eigenvalue weighted by Gasteiger charge is -2.02. The minimum Gasteiger partial charge on any atom is -0.478 e. The minimum absolute atomic E-state index is 0.0668. The highest BCUT2D eigenvalue weighted by Crippen LogP contribution is 2.11. The van der Waals surface area contributed by atoms with Crippen molar-refractivity contribution < 1.29 is 14.3 Å². The van der Waals surface area contributed by atoms with E-state index >= 15 is 0 Å². The Hall–Kier alpha value is -2.96. The number of carboxylic acid groups (broad SMARTS) is 1. The summed E-state index contributed by atoms with van der Waals surface area (Å²) in [7, 11) is 0. The fraction of sp³-hybridized carbons (Fsp3) is 0.0714. The molecule has 0 aliphatic heterocycles. The topological polar surface area (TPSA) is 76.6 Å². The van der Waals surface area contributed by atoms with Gasteiger partial charge in [-0.25, -0.2) is 18.7 Å². The SMILES string of the molecule is O=C(O)c1ccc(Cn2nc3ccccn3c2=O)cc1F. The molecular formula is C14H10FN3O3. The van der Waals surface area contributed by atoms with E-state index in [9.17, 15) is 14.0 Å². The summed E-state index contributed by atoms with van der Waals surface area (Å²) < 4.78 is 16.2. The molecule has 0 spiro atoms. The molecule has 3 aromatic rings. The van der Waals surface area contributed by atoms with Crippen LogP contribution in [0.5, 0.6) is 0 Å². The minimum atomic E-state index is -1.33. The lowest BCUT2D eigenvalue weighted by molar-refractivity contribution is 0.0692. The van der Waals surface area contributed by atoms with Crippen LogP contribution in [0.1, 0.15) is 15.9 Å². The number of halogens is 1. The molecule has 0 bridgehead atoms. The van der Waals surface area contributed by atoms with E-state index in [1.165, 1.54) is 21.2 Å². The molecule has 0 aliphatic rings. The molecule has 106 valence electrons. The molecule has 0 fully saturated rings. The van der Waals surface area contributed by atoms with Gasteiger partial charge in [-0.2, -0.15) is 0 Å². The largest absolute Gasteiger partial charge is 0.478 e. The van der Waals surface area contributed by atoms with E-state index in [1.54, 1.807) is 24.4 Å². The summed E-state index contributed by atoms with van der Waals surface area (Å²) in [5.41, 5.74) is 0.211. The zero-order valence-electron chi connectivity index (χ0n) is 10.7. The average Bonchev–Trinajstić information content (AvgIpc) is 2.76. The van der Waals surface area contributed by atoms with Gasteiger partial charge in [0.15, 0.2) is 5.65 Å². The van der Waals surface area contributed by atoms with Gasteiger partial charge in [0, 0.05) is 6.20 Å². The van der Waals surface area contributed by atoms with Gasteiger partial charge in [0.1, 0.15) is 5.82 Å². The first kappa shape index (κ1) is 13.0. The highest BCUT2D eigenvalue weighted by molar-refractivity contribution is 5.87. The van der Waals surface area contributed by atoms with Crippen LogP contribution in [-0.4, -0.2) is 25.3 Å². The van der Waals surface area contributed by atoms with Crippen molar-refractivity contribution in [1.29, 1.82) is 0 Å². The fourth-order valence-electron chi connectivity index (χ4n) is 2.07. The molecule has 0 atom stereocenters. The Morgan fingerprint density at radius 2 is 2.10 bits per heavy atom. The van der Waals surface area contributed by atoms with Gasteiger partial charge in [0.05, 0.1) is 12.1 Å². The maximum Gasteiger partial charge on any atom is 0.350 e. The number of carboxylic acids is 1. The molecule has 7 heteroatoms. The third kappa shape index (κ3) is 2.29. The van der Waals surface area contributed by atoms with Crippen LogP contribution < -0.4 is 5.69 Å². The number of aromatic nitrogens is 3. The van der Waals surface area contributed by atoms with E-state index in [-0.39, 0.29) is 12.2 Å². The Labute approximate surface area is 117 Å². The van der Waals surface area contributed by atoms with Crippen LogP contribution in [0.4, 0.5) is 4.39 Å². The number of hydrogen-bond donors (Lipinski definition) is 1. The zero-order chi connectivity index (χ0) is 15.0. The van der Waals surface area contributed by atoms with Crippen molar-refractivity contribution in [3.63, 3.8) is 0 Å². The summed E-state index contributed by atoms with van der Waals surface area (Å²) in [6.07, 6.45) is 1.59. The van der Waals surface area contributed by atoms with Crippen molar-refractivity contribution in [1.82, 2.24) is 14.2 Å². The van der Waals surface area contributed by atoms with Crippen molar-refractivity contribution in [3.05, 3.63) is 70.0 Å². The van der Waals surface area contributed by atoms with Gasteiger partial charge in [-0.3, -0.25) is 4.40 Å². The molecule has 2 heterocycles. The summed E-state index contributed by atoms with van der Waals surface area (Å²) in [6, 6.07) is 8.89. The molecule has 0 unspecified atom stereocenters. The molecule has 0 amide bonds. The molecule has 21 heavy (non-hydrogen) atoms. The van der Waals surface area contributed by atoms with E-state index in [4.69, 9.17) is 5.11 Å². The molecular weight excluding hydrogens is 277 g/mol. The lowest BCUT2D eigenvalue weighted by Crippen LogP contribution is -2.21. The van der Waals surface area contributed by atoms with E-state index in [0.717, 1.165) is 6.07 Å². The first-order chi connectivity index (χ1) is 10.1. The molecule has 0 saturated carbocycles. The van der Waals surface area contributed by atoms with Gasteiger partial charge < -0.3 is 5.11 Å². The van der Waals surface area contributed by atoms with Crippen molar-refractivity contribution in [2.75, 3.05) is 0 Å². The summed E-state index contributed by atoms with van der Waals surface area (Å²) in [4.78, 5) is 22.8. The van der Waals surface area contributed by atoms with Crippen LogP contribution in [0, 0.1) is 5.82 Å². The highest BCUT2D eigenvalue weighted by atomic mass is 19.1. The Morgan fingerprint density at radius 1 is 1.29 bits per heavy atom. The molecule has 6 nitrogen and oxygen atoms in total. The second kappa shape index (κ2) is 4.86. The van der Waals surface area contributed by atoms with Crippen LogP contribution in [-0.2, 0) is 6.54 Å². The first-order valence-corrected chi connectivity index (χ1v) is 6.12. The quantitative estimate of drug-likeness (QED) is 0.789. The van der Waals surface area contributed by atoms with Crippen LogP contribution in [0.2, 0.25) is 0 Å². The number of fused-ring (bicyclic) bond motifs is 1. The number of aromatic carboxylic acids is 1. The Balaban J connectivity index is 1.99. The van der Waals surface area contributed by atoms with Crippen LogP contribution in [0.3, 0.4) is 0 Å². The lowest BCUT2D eigenvalue weighted by atomic mass is 10.1. The maximum atomic E-state index is 13.6. The van der Waals surface area contributed by atoms with E-state index in [1.807, 2.05) is 0 Å². The van der Waals surface area contributed by atoms with Crippen molar-refractivity contribution in [3.8, 4) is 0 Å². The predicted octanol–water partition coefficient (Wildman–Crippen LogP) is 1.38. The smallest absolute Gasteiger partial charge is 0.350 e. The number of nitrogens with zero attached hydrogens (tertiary/aromatic N) is 3. The number of carbonyl (C=O) groups is 1. The Kier molecular flexibility index (Phi) is 3.02. The number of pyridine rings is 1. The maximum absolute atomic E-state index is 13.6. The summed E-state index contributed by atoms with van der Waals surface area (Å²) >= 11 is 0. The average molecular weight is 287 g/mol. The Bertz CT molecular complexity index is 898. The number of benzene rings is 1. The monoisotopic (exact) mass is 287 g/mol. The third-order valence-electron chi connectivity index (χ3n) is 3.08. The second-order valence-electron chi connectivity index (χ2n) is 4.49. The fourth-order valence-corrected chi connectivity index (χ4v) is 2.07. The van der Waals surface area contributed by atoms with Crippen LogP contribution in [0.25, 0.3) is 5.65 Å². The predicted molar refractivity (Wildman–Crippen MR) is 71.9 cm³/mol. The molecule has 1 N–H and O–H groups in total. The van der Waals surface area contributed by atoms with Crippen LogP contribution in [0.15, 0.2) is 47.4 Å². The van der Waals surface area contributed by atoms with Gasteiger partial charge in [-0.05, 0) is 29.8 Å². The first-order valence-electron chi connectivity index (χ1n) is 6.12. The molecule has 2 aromatic heterocycles. The van der Waals surface area contributed by atoms with Gasteiger partial charge >= 0.3 is 11.7 Å². The molecule has 3 rings (SSSR count). The van der Waals surface area contributed by atoms with Crippen molar-refractivity contribution in [2.24, 2.45) is 0 Å². The third-order valence-corrected chi connectivity index (χ3v) is 3.08. The van der Waals surface area contributed by atoms with Gasteiger partial charge in [0.2, 0.25) is 0 Å². The molecule has 1 aromatic carbocycles. The standard InChI is InChI=1S/C14H10FN3O3/c15-11-7-9(4-5-10(11)13(19)20)8-18-14(21)17-6-2-1-3-12(17)16-18/h1-7H,8H2,(H,19,20). The highest BCUT2D eigenvalue weighted by Gasteiger charge is 2.12. The summed E-state index contributed by atoms with van der Waals surface area (Å²) in [5, 5.41) is 12.9. The molecule has 0 radical (unpaired) electrons. The van der Waals surface area contributed by atoms with E-state index in [0.29, 0.717) is 11.2 Å². The van der Waals surface area contributed by atoms with E-state index in [2.05, 4.69) is 5.10 Å². The summed E-state index contributed by atoms with van der Waals surface area (Å²) in [5.74, 6) is -2.17. The van der Waals surface area contributed by atoms with Crippen molar-refractivity contribution in [2.45, 2.75) is 6.54 Å². The van der Waals surface area contributed by atoms with Gasteiger partial charge in [-0.1, -0.05) is 12.1 Å². The Morgan fingerprint density at radius 3 is 2.76 bits per heavy atom.